The van der Waals surface area contributed by atoms with E-state index in [0.717, 1.165) is 38.0 Å². The lowest BCUT2D eigenvalue weighted by molar-refractivity contribution is -0.0243. The molecule has 1 aliphatic heterocycles. The first-order valence-electron chi connectivity index (χ1n) is 5.80. The number of piperidine rings is 1. The molecule has 0 aliphatic carbocycles. The molecule has 1 saturated heterocycles. The van der Waals surface area contributed by atoms with Gasteiger partial charge in [-0.2, -0.15) is 0 Å². The van der Waals surface area contributed by atoms with Crippen molar-refractivity contribution >= 4 is 5.69 Å². The summed E-state index contributed by atoms with van der Waals surface area (Å²) in [6, 6.07) is 1.75. The van der Waals surface area contributed by atoms with E-state index in [1.54, 1.807) is 18.5 Å². The summed E-state index contributed by atoms with van der Waals surface area (Å²) in [5.41, 5.74) is 6.53. The number of aromatic nitrogens is 1. The average Bonchev–Trinajstić information content (AvgIpc) is 2.30. The molecule has 0 atom stereocenters. The van der Waals surface area contributed by atoms with E-state index in [9.17, 15) is 5.11 Å². The van der Waals surface area contributed by atoms with Gasteiger partial charge in [0.25, 0.3) is 0 Å². The fourth-order valence-corrected chi connectivity index (χ4v) is 2.30. The molecule has 2 rings (SSSR count). The number of anilines is 1. The molecule has 4 heteroatoms. The summed E-state index contributed by atoms with van der Waals surface area (Å²) in [5, 5.41) is 10.6. The SMILES string of the molecule is CCN1CCC(O)(c2cnccc2N)CC1. The Morgan fingerprint density at radius 2 is 2.19 bits per heavy atom. The zero-order valence-electron chi connectivity index (χ0n) is 9.69. The van der Waals surface area contributed by atoms with Crippen molar-refractivity contribution in [3.8, 4) is 0 Å². The van der Waals surface area contributed by atoms with E-state index in [4.69, 9.17) is 5.73 Å². The molecule has 1 aromatic rings. The Kier molecular flexibility index (Phi) is 3.12. The highest BCUT2D eigenvalue weighted by Gasteiger charge is 2.35. The van der Waals surface area contributed by atoms with E-state index in [1.165, 1.54) is 0 Å². The Hall–Kier alpha value is -1.13. The van der Waals surface area contributed by atoms with Crippen LogP contribution >= 0.6 is 0 Å². The maximum atomic E-state index is 10.6. The third kappa shape index (κ3) is 2.03. The summed E-state index contributed by atoms with van der Waals surface area (Å²) in [5.74, 6) is 0. The van der Waals surface area contributed by atoms with Gasteiger partial charge in [-0.1, -0.05) is 6.92 Å². The van der Waals surface area contributed by atoms with Gasteiger partial charge < -0.3 is 15.7 Å². The summed E-state index contributed by atoms with van der Waals surface area (Å²) in [4.78, 5) is 6.39. The molecule has 0 radical (unpaired) electrons. The minimum absolute atomic E-state index is 0.641. The summed E-state index contributed by atoms with van der Waals surface area (Å²) in [7, 11) is 0. The summed E-state index contributed by atoms with van der Waals surface area (Å²) < 4.78 is 0. The lowest BCUT2D eigenvalue weighted by Crippen LogP contribution is -2.42. The molecule has 0 amide bonds. The van der Waals surface area contributed by atoms with Crippen LogP contribution in [-0.2, 0) is 5.60 Å². The number of nitrogens with zero attached hydrogens (tertiary/aromatic N) is 2. The van der Waals surface area contributed by atoms with Gasteiger partial charge in [0.1, 0.15) is 0 Å². The second-order valence-corrected chi connectivity index (χ2v) is 4.43. The van der Waals surface area contributed by atoms with Gasteiger partial charge in [0.05, 0.1) is 5.60 Å². The van der Waals surface area contributed by atoms with Crippen molar-refractivity contribution in [1.82, 2.24) is 9.88 Å². The number of nitrogens with two attached hydrogens (primary N) is 1. The molecule has 0 spiro atoms. The fraction of sp³-hybridized carbons (Fsp3) is 0.583. The molecule has 4 nitrogen and oxygen atoms in total. The number of likely N-dealkylation sites (tertiary alicyclic amines) is 1. The van der Waals surface area contributed by atoms with Crippen molar-refractivity contribution in [2.75, 3.05) is 25.4 Å². The van der Waals surface area contributed by atoms with E-state index in [0.29, 0.717) is 5.69 Å². The number of hydrogen-bond acceptors (Lipinski definition) is 4. The Bertz CT molecular complexity index is 359. The second-order valence-electron chi connectivity index (χ2n) is 4.43. The molecule has 3 N–H and O–H groups in total. The number of pyridine rings is 1. The normalized spacial score (nSPS) is 20.9. The third-order valence-electron chi connectivity index (χ3n) is 3.49. The Morgan fingerprint density at radius 1 is 1.50 bits per heavy atom. The Morgan fingerprint density at radius 3 is 2.75 bits per heavy atom. The van der Waals surface area contributed by atoms with E-state index < -0.39 is 5.60 Å². The van der Waals surface area contributed by atoms with Crippen molar-refractivity contribution in [3.05, 3.63) is 24.0 Å². The van der Waals surface area contributed by atoms with Gasteiger partial charge in [-0.3, -0.25) is 4.98 Å². The zero-order valence-corrected chi connectivity index (χ0v) is 9.69. The Labute approximate surface area is 96.1 Å². The number of nitrogen functional groups attached to an aromatic ring is 1. The minimum Gasteiger partial charge on any atom is -0.398 e. The van der Waals surface area contributed by atoms with E-state index >= 15 is 0 Å². The number of hydrogen-bond donors (Lipinski definition) is 2. The summed E-state index contributed by atoms with van der Waals surface area (Å²) >= 11 is 0. The van der Waals surface area contributed by atoms with Gasteiger partial charge in [0.2, 0.25) is 0 Å². The maximum Gasteiger partial charge on any atom is 0.0955 e. The highest BCUT2D eigenvalue weighted by molar-refractivity contribution is 5.47. The van der Waals surface area contributed by atoms with Crippen LogP contribution in [0.4, 0.5) is 5.69 Å². The molecular weight excluding hydrogens is 202 g/mol. The van der Waals surface area contributed by atoms with Gasteiger partial charge in [0, 0.05) is 36.7 Å². The maximum absolute atomic E-state index is 10.6. The van der Waals surface area contributed by atoms with Crippen LogP contribution in [0, 0.1) is 0 Å². The van der Waals surface area contributed by atoms with E-state index in [-0.39, 0.29) is 0 Å². The van der Waals surface area contributed by atoms with Crippen LogP contribution in [0.2, 0.25) is 0 Å². The van der Waals surface area contributed by atoms with Crippen LogP contribution in [0.15, 0.2) is 18.5 Å². The topological polar surface area (TPSA) is 62.4 Å². The predicted octanol–water partition coefficient (Wildman–Crippen LogP) is 0.967. The van der Waals surface area contributed by atoms with Crippen molar-refractivity contribution in [2.24, 2.45) is 0 Å². The van der Waals surface area contributed by atoms with Crippen LogP contribution in [0.3, 0.4) is 0 Å². The average molecular weight is 221 g/mol. The van der Waals surface area contributed by atoms with Crippen LogP contribution < -0.4 is 5.73 Å². The van der Waals surface area contributed by atoms with Crippen LogP contribution in [0.1, 0.15) is 25.3 Å². The quantitative estimate of drug-likeness (QED) is 0.781. The third-order valence-corrected chi connectivity index (χ3v) is 3.49. The van der Waals surface area contributed by atoms with Crippen LogP contribution in [0.25, 0.3) is 0 Å². The molecule has 0 bridgehead atoms. The molecule has 0 unspecified atom stereocenters. The standard InChI is InChI=1S/C12H19N3O/c1-2-15-7-4-12(16,5-8-15)10-9-14-6-3-11(10)13/h3,6,9,16H,2,4-5,7-8H2,1H3,(H2,13,14). The van der Waals surface area contributed by atoms with Gasteiger partial charge in [0.15, 0.2) is 0 Å². The number of rotatable bonds is 2. The molecule has 1 fully saturated rings. The van der Waals surface area contributed by atoms with Gasteiger partial charge >= 0.3 is 0 Å². The van der Waals surface area contributed by atoms with Gasteiger partial charge in [-0.05, 0) is 25.5 Å². The van der Waals surface area contributed by atoms with Crippen LogP contribution in [-0.4, -0.2) is 34.6 Å². The first-order chi connectivity index (χ1) is 7.65. The van der Waals surface area contributed by atoms with Crippen molar-refractivity contribution in [2.45, 2.75) is 25.4 Å². The molecular formula is C12H19N3O. The highest BCUT2D eigenvalue weighted by atomic mass is 16.3. The fourth-order valence-electron chi connectivity index (χ4n) is 2.30. The minimum atomic E-state index is -0.788. The largest absolute Gasteiger partial charge is 0.398 e. The Balaban J connectivity index is 2.18. The monoisotopic (exact) mass is 221 g/mol. The molecule has 88 valence electrons. The van der Waals surface area contributed by atoms with Crippen molar-refractivity contribution < 1.29 is 5.11 Å². The second kappa shape index (κ2) is 4.39. The van der Waals surface area contributed by atoms with Gasteiger partial charge in [-0.15, -0.1) is 0 Å². The van der Waals surface area contributed by atoms with Gasteiger partial charge in [-0.25, -0.2) is 0 Å². The first-order valence-corrected chi connectivity index (χ1v) is 5.80. The zero-order chi connectivity index (χ0) is 11.6. The van der Waals surface area contributed by atoms with Crippen molar-refractivity contribution in [3.63, 3.8) is 0 Å². The molecule has 2 heterocycles. The lowest BCUT2D eigenvalue weighted by atomic mass is 9.84. The molecule has 1 aliphatic rings. The smallest absolute Gasteiger partial charge is 0.0955 e. The summed E-state index contributed by atoms with van der Waals surface area (Å²) in [6.45, 7) is 5.02. The lowest BCUT2D eigenvalue weighted by Gasteiger charge is -2.38. The summed E-state index contributed by atoms with van der Waals surface area (Å²) in [6.07, 6.45) is 4.81. The van der Waals surface area contributed by atoms with Crippen LogP contribution in [0.5, 0.6) is 0 Å². The number of aliphatic hydroxyl groups is 1. The molecule has 0 aromatic carbocycles. The van der Waals surface area contributed by atoms with Crippen molar-refractivity contribution in [1.29, 1.82) is 0 Å². The molecule has 1 aromatic heterocycles. The predicted molar refractivity (Wildman–Crippen MR) is 63.9 cm³/mol. The van der Waals surface area contributed by atoms with E-state index in [1.807, 2.05) is 0 Å². The van der Waals surface area contributed by atoms with E-state index in [2.05, 4.69) is 16.8 Å². The first kappa shape index (κ1) is 11.4. The highest BCUT2D eigenvalue weighted by Crippen LogP contribution is 2.35. The molecule has 16 heavy (non-hydrogen) atoms. The molecule has 0 saturated carbocycles.